The molecule has 1 amide bonds. The molecule has 1 saturated heterocycles. The zero-order valence-electron chi connectivity index (χ0n) is 12.5. The third-order valence-electron chi connectivity index (χ3n) is 3.52. The Hall–Kier alpha value is -0.890. The molecule has 22 heavy (non-hydrogen) atoms. The number of hydrogen-bond acceptors (Lipinski definition) is 5. The lowest BCUT2D eigenvalue weighted by Gasteiger charge is -2.32. The van der Waals surface area contributed by atoms with Crippen molar-refractivity contribution in [1.82, 2.24) is 10.3 Å². The van der Waals surface area contributed by atoms with Gasteiger partial charge in [-0.05, 0) is 38.4 Å². The second kappa shape index (κ2) is 8.10. The summed E-state index contributed by atoms with van der Waals surface area (Å²) in [6, 6.07) is 2.95. The molecule has 1 aliphatic heterocycles. The number of anilines is 1. The molecule has 9 heteroatoms. The molecule has 0 bridgehead atoms. The zero-order chi connectivity index (χ0) is 14.8. The van der Waals surface area contributed by atoms with Crippen LogP contribution < -0.4 is 10.6 Å². The first-order valence-corrected chi connectivity index (χ1v) is 8.39. The molecule has 0 saturated carbocycles. The number of halogens is 2. The van der Waals surface area contributed by atoms with Gasteiger partial charge in [0.1, 0.15) is 0 Å². The lowest BCUT2D eigenvalue weighted by atomic mass is 9.82. The Bertz CT molecular complexity index is 599. The standard InChI is InChI=1S/C13H19N3O3S.2ClH/c1-13(6-3-7-14-9-13)12(17)16-10-4-5-11(15-8-10)20(2,18)19;;/h4-5,8,14H,3,6-7,9H2,1-2H3,(H,16,17);2*1H. The van der Waals surface area contributed by atoms with Crippen molar-refractivity contribution in [2.45, 2.75) is 24.8 Å². The van der Waals surface area contributed by atoms with Crippen molar-refractivity contribution < 1.29 is 13.2 Å². The Kier molecular flexibility index (Phi) is 7.77. The largest absolute Gasteiger partial charge is 0.324 e. The molecule has 0 aliphatic carbocycles. The highest BCUT2D eigenvalue weighted by Crippen LogP contribution is 2.27. The van der Waals surface area contributed by atoms with Crippen molar-refractivity contribution in [3.05, 3.63) is 18.3 Å². The van der Waals surface area contributed by atoms with Gasteiger partial charge in [-0.3, -0.25) is 4.79 Å². The molecule has 1 aliphatic rings. The number of amides is 1. The Balaban J connectivity index is 0.00000220. The molecule has 0 spiro atoms. The van der Waals surface area contributed by atoms with E-state index in [1.807, 2.05) is 6.92 Å². The van der Waals surface area contributed by atoms with Crippen molar-refractivity contribution in [2.24, 2.45) is 5.41 Å². The van der Waals surface area contributed by atoms with Gasteiger partial charge in [0.25, 0.3) is 0 Å². The highest BCUT2D eigenvalue weighted by Gasteiger charge is 2.34. The zero-order valence-corrected chi connectivity index (χ0v) is 14.9. The van der Waals surface area contributed by atoms with Crippen LogP contribution in [0.25, 0.3) is 0 Å². The van der Waals surface area contributed by atoms with Crippen LogP contribution in [0.15, 0.2) is 23.4 Å². The Morgan fingerprint density at radius 1 is 1.36 bits per heavy atom. The average Bonchev–Trinajstić information content (AvgIpc) is 2.39. The van der Waals surface area contributed by atoms with Gasteiger partial charge >= 0.3 is 0 Å². The minimum Gasteiger partial charge on any atom is -0.324 e. The lowest BCUT2D eigenvalue weighted by molar-refractivity contribution is -0.125. The highest BCUT2D eigenvalue weighted by molar-refractivity contribution is 7.90. The number of carbonyl (C=O) groups excluding carboxylic acids is 1. The van der Waals surface area contributed by atoms with Gasteiger partial charge in [-0.2, -0.15) is 0 Å². The summed E-state index contributed by atoms with van der Waals surface area (Å²) >= 11 is 0. The number of carbonyl (C=O) groups is 1. The first kappa shape index (κ1) is 21.1. The molecule has 1 atom stereocenters. The van der Waals surface area contributed by atoms with Gasteiger partial charge in [-0.25, -0.2) is 13.4 Å². The first-order chi connectivity index (χ1) is 9.31. The molecule has 0 aromatic carbocycles. The number of aromatic nitrogens is 1. The molecule has 1 unspecified atom stereocenters. The number of nitrogens with one attached hydrogen (secondary N) is 2. The molecular weight excluding hydrogens is 349 g/mol. The third-order valence-corrected chi connectivity index (χ3v) is 4.52. The normalized spacial score (nSPS) is 21.2. The van der Waals surface area contributed by atoms with E-state index in [2.05, 4.69) is 15.6 Å². The second-order valence-corrected chi connectivity index (χ2v) is 7.41. The monoisotopic (exact) mass is 369 g/mol. The molecule has 6 nitrogen and oxygen atoms in total. The Labute approximate surface area is 143 Å². The van der Waals surface area contributed by atoms with E-state index in [4.69, 9.17) is 0 Å². The van der Waals surface area contributed by atoms with Crippen molar-refractivity contribution in [2.75, 3.05) is 24.7 Å². The van der Waals surface area contributed by atoms with E-state index < -0.39 is 15.3 Å². The average molecular weight is 370 g/mol. The van der Waals surface area contributed by atoms with Crippen LogP contribution in [0.1, 0.15) is 19.8 Å². The SMILES string of the molecule is CC1(C(=O)Nc2ccc(S(C)(=O)=O)nc2)CCCNC1.Cl.Cl. The predicted molar refractivity (Wildman–Crippen MR) is 90.7 cm³/mol. The lowest BCUT2D eigenvalue weighted by Crippen LogP contribution is -2.46. The second-order valence-electron chi connectivity index (χ2n) is 5.45. The van der Waals surface area contributed by atoms with Gasteiger partial charge in [-0.1, -0.05) is 0 Å². The molecule has 1 aromatic heterocycles. The summed E-state index contributed by atoms with van der Waals surface area (Å²) in [6.07, 6.45) is 4.27. The molecule has 126 valence electrons. The highest BCUT2D eigenvalue weighted by atomic mass is 35.5. The predicted octanol–water partition coefficient (Wildman–Crippen LogP) is 1.66. The summed E-state index contributed by atoms with van der Waals surface area (Å²) < 4.78 is 22.6. The van der Waals surface area contributed by atoms with E-state index in [0.717, 1.165) is 25.6 Å². The van der Waals surface area contributed by atoms with E-state index in [0.29, 0.717) is 12.2 Å². The van der Waals surface area contributed by atoms with Crippen molar-refractivity contribution in [3.8, 4) is 0 Å². The fourth-order valence-corrected chi connectivity index (χ4v) is 2.76. The van der Waals surface area contributed by atoms with Crippen LogP contribution >= 0.6 is 24.8 Å². The van der Waals surface area contributed by atoms with Gasteiger partial charge in [-0.15, -0.1) is 24.8 Å². The van der Waals surface area contributed by atoms with Crippen LogP contribution in [0.2, 0.25) is 0 Å². The van der Waals surface area contributed by atoms with Crippen molar-refractivity contribution >= 4 is 46.2 Å². The fourth-order valence-electron chi connectivity index (χ4n) is 2.21. The molecule has 2 heterocycles. The molecule has 0 radical (unpaired) electrons. The molecule has 1 fully saturated rings. The maximum Gasteiger partial charge on any atom is 0.231 e. The topological polar surface area (TPSA) is 88.2 Å². The molecule has 2 rings (SSSR count). The molecule has 1 aromatic rings. The van der Waals surface area contributed by atoms with Gasteiger partial charge < -0.3 is 10.6 Å². The minimum absolute atomic E-state index is 0. The number of sulfone groups is 1. The number of piperidine rings is 1. The van der Waals surface area contributed by atoms with Crippen LogP contribution in [-0.4, -0.2) is 38.7 Å². The minimum atomic E-state index is -3.31. The smallest absolute Gasteiger partial charge is 0.231 e. The van der Waals surface area contributed by atoms with E-state index in [-0.39, 0.29) is 35.7 Å². The molecular formula is C13H21Cl2N3O3S. The van der Waals surface area contributed by atoms with Gasteiger partial charge in [0.2, 0.25) is 5.91 Å². The van der Waals surface area contributed by atoms with E-state index in [1.165, 1.54) is 12.3 Å². The van der Waals surface area contributed by atoms with E-state index in [9.17, 15) is 13.2 Å². The fraction of sp³-hybridized carbons (Fsp3) is 0.538. The van der Waals surface area contributed by atoms with E-state index >= 15 is 0 Å². The van der Waals surface area contributed by atoms with Crippen LogP contribution in [0.3, 0.4) is 0 Å². The summed E-state index contributed by atoms with van der Waals surface area (Å²) in [5, 5.41) is 6.01. The summed E-state index contributed by atoms with van der Waals surface area (Å²) in [4.78, 5) is 16.1. The van der Waals surface area contributed by atoms with Crippen LogP contribution in [0, 0.1) is 5.41 Å². The maximum absolute atomic E-state index is 12.3. The van der Waals surface area contributed by atoms with Gasteiger partial charge in [0.05, 0.1) is 17.3 Å². The first-order valence-electron chi connectivity index (χ1n) is 6.50. The summed E-state index contributed by atoms with van der Waals surface area (Å²) in [5.41, 5.74) is 0.0718. The summed E-state index contributed by atoms with van der Waals surface area (Å²) in [7, 11) is -3.31. The van der Waals surface area contributed by atoms with Crippen LogP contribution in [0.5, 0.6) is 0 Å². The van der Waals surface area contributed by atoms with E-state index in [1.54, 1.807) is 6.07 Å². The van der Waals surface area contributed by atoms with Crippen molar-refractivity contribution in [1.29, 1.82) is 0 Å². The number of pyridine rings is 1. The molecule has 2 N–H and O–H groups in total. The van der Waals surface area contributed by atoms with Crippen LogP contribution in [-0.2, 0) is 14.6 Å². The maximum atomic E-state index is 12.3. The van der Waals surface area contributed by atoms with Crippen LogP contribution in [0.4, 0.5) is 5.69 Å². The quantitative estimate of drug-likeness (QED) is 0.845. The third kappa shape index (κ3) is 5.08. The number of rotatable bonds is 3. The Morgan fingerprint density at radius 3 is 2.50 bits per heavy atom. The Morgan fingerprint density at radius 2 is 2.05 bits per heavy atom. The summed E-state index contributed by atoms with van der Waals surface area (Å²) in [5.74, 6) is -0.0707. The number of hydrogen-bond donors (Lipinski definition) is 2. The number of nitrogens with zero attached hydrogens (tertiary/aromatic N) is 1. The summed E-state index contributed by atoms with van der Waals surface area (Å²) in [6.45, 7) is 3.51. The van der Waals surface area contributed by atoms with Gasteiger partial charge in [0.15, 0.2) is 14.9 Å². The van der Waals surface area contributed by atoms with Gasteiger partial charge in [0, 0.05) is 12.8 Å². The van der Waals surface area contributed by atoms with Crippen molar-refractivity contribution in [3.63, 3.8) is 0 Å².